The number of hydrogen-bond acceptors (Lipinski definition) is 3. The van der Waals surface area contributed by atoms with E-state index in [1.165, 1.54) is 0 Å². The van der Waals surface area contributed by atoms with Crippen molar-refractivity contribution in [1.29, 1.82) is 0 Å². The number of nitrogens with two attached hydrogens (primary N) is 1. The van der Waals surface area contributed by atoms with Gasteiger partial charge in [-0.25, -0.2) is 13.1 Å². The van der Waals surface area contributed by atoms with Crippen molar-refractivity contribution in [3.8, 4) is 0 Å². The summed E-state index contributed by atoms with van der Waals surface area (Å²) < 4.78 is 25.0. The van der Waals surface area contributed by atoms with Gasteiger partial charge in [0.2, 0.25) is 10.0 Å². The minimum Gasteiger partial charge on any atom is -0.330 e. The van der Waals surface area contributed by atoms with Crippen molar-refractivity contribution < 1.29 is 8.42 Å². The van der Waals surface area contributed by atoms with Crippen molar-refractivity contribution in [2.75, 3.05) is 18.8 Å². The summed E-state index contributed by atoms with van der Waals surface area (Å²) in [6.07, 6.45) is 1.51. The lowest BCUT2D eigenvalue weighted by Gasteiger charge is -2.11. The molecule has 0 heterocycles. The van der Waals surface area contributed by atoms with E-state index in [1.54, 1.807) is 0 Å². The molecule has 0 fully saturated rings. The zero-order chi connectivity index (χ0) is 10.3. The van der Waals surface area contributed by atoms with Gasteiger partial charge in [0.25, 0.3) is 0 Å². The first-order valence-electron chi connectivity index (χ1n) is 4.69. The van der Waals surface area contributed by atoms with Gasteiger partial charge in [0.1, 0.15) is 0 Å². The highest BCUT2D eigenvalue weighted by Crippen LogP contribution is 1.99. The van der Waals surface area contributed by atoms with Gasteiger partial charge in [-0.1, -0.05) is 13.8 Å². The highest BCUT2D eigenvalue weighted by molar-refractivity contribution is 7.89. The van der Waals surface area contributed by atoms with Crippen molar-refractivity contribution in [2.24, 2.45) is 11.7 Å². The Morgan fingerprint density at radius 2 is 2.08 bits per heavy atom. The van der Waals surface area contributed by atoms with Crippen molar-refractivity contribution in [2.45, 2.75) is 26.7 Å². The van der Waals surface area contributed by atoms with Gasteiger partial charge < -0.3 is 5.73 Å². The van der Waals surface area contributed by atoms with Crippen molar-refractivity contribution in [3.05, 3.63) is 0 Å². The molecular formula is C8H20N2O2S. The fraction of sp³-hybridized carbons (Fsp3) is 1.00. The van der Waals surface area contributed by atoms with Gasteiger partial charge in [-0.3, -0.25) is 0 Å². The molecule has 1 unspecified atom stereocenters. The van der Waals surface area contributed by atoms with E-state index in [0.717, 1.165) is 6.42 Å². The normalized spacial score (nSPS) is 14.4. The summed E-state index contributed by atoms with van der Waals surface area (Å²) in [7, 11) is -3.04. The van der Waals surface area contributed by atoms with E-state index < -0.39 is 10.0 Å². The van der Waals surface area contributed by atoms with Crippen LogP contribution in [0.5, 0.6) is 0 Å². The van der Waals surface area contributed by atoms with Crippen LogP contribution >= 0.6 is 0 Å². The van der Waals surface area contributed by atoms with E-state index in [1.807, 2.05) is 13.8 Å². The Kier molecular flexibility index (Phi) is 6.28. The molecule has 0 rings (SSSR count). The number of hydrogen-bond donors (Lipinski definition) is 2. The SMILES string of the molecule is CCCS(=O)(=O)NCC(C)CCN. The molecule has 1 atom stereocenters. The number of nitrogens with one attached hydrogen (secondary N) is 1. The Morgan fingerprint density at radius 1 is 1.46 bits per heavy atom. The third-order valence-electron chi connectivity index (χ3n) is 1.78. The molecule has 0 aromatic carbocycles. The van der Waals surface area contributed by atoms with Gasteiger partial charge in [-0.05, 0) is 25.3 Å². The monoisotopic (exact) mass is 208 g/mol. The quantitative estimate of drug-likeness (QED) is 0.632. The predicted molar refractivity (Wildman–Crippen MR) is 54.9 cm³/mol. The zero-order valence-electron chi connectivity index (χ0n) is 8.41. The third-order valence-corrected chi connectivity index (χ3v) is 3.34. The predicted octanol–water partition coefficient (Wildman–Crippen LogP) is 0.301. The molecule has 0 saturated heterocycles. The zero-order valence-corrected chi connectivity index (χ0v) is 9.23. The minimum atomic E-state index is -3.04. The van der Waals surface area contributed by atoms with Gasteiger partial charge in [-0.15, -0.1) is 0 Å². The molecule has 0 radical (unpaired) electrons. The van der Waals surface area contributed by atoms with Crippen LogP contribution in [0.3, 0.4) is 0 Å². The molecule has 0 bridgehead atoms. The van der Waals surface area contributed by atoms with Crippen LogP contribution in [0.4, 0.5) is 0 Å². The maximum Gasteiger partial charge on any atom is 0.211 e. The molecular weight excluding hydrogens is 188 g/mol. The molecule has 5 heteroatoms. The minimum absolute atomic E-state index is 0.211. The summed E-state index contributed by atoms with van der Waals surface area (Å²) in [5.74, 6) is 0.527. The van der Waals surface area contributed by atoms with Crippen LogP contribution < -0.4 is 10.5 Å². The molecule has 0 saturated carbocycles. The molecule has 0 spiro atoms. The van der Waals surface area contributed by atoms with Gasteiger partial charge in [0, 0.05) is 6.54 Å². The first kappa shape index (κ1) is 12.9. The molecule has 0 amide bonds. The fourth-order valence-electron chi connectivity index (χ4n) is 0.997. The summed E-state index contributed by atoms with van der Waals surface area (Å²) in [5, 5.41) is 0. The lowest BCUT2D eigenvalue weighted by molar-refractivity contribution is 0.515. The summed E-state index contributed by atoms with van der Waals surface area (Å²) in [5.41, 5.74) is 5.35. The van der Waals surface area contributed by atoms with E-state index in [0.29, 0.717) is 25.4 Å². The summed E-state index contributed by atoms with van der Waals surface area (Å²) in [6, 6.07) is 0. The second-order valence-electron chi connectivity index (χ2n) is 3.35. The van der Waals surface area contributed by atoms with Crippen LogP contribution in [0.2, 0.25) is 0 Å². The lowest BCUT2D eigenvalue weighted by Crippen LogP contribution is -2.31. The second-order valence-corrected chi connectivity index (χ2v) is 5.28. The smallest absolute Gasteiger partial charge is 0.211 e. The fourth-order valence-corrected chi connectivity index (χ4v) is 2.22. The van der Waals surface area contributed by atoms with E-state index in [9.17, 15) is 8.42 Å². The first-order chi connectivity index (χ1) is 6.02. The average molecular weight is 208 g/mol. The van der Waals surface area contributed by atoms with Crippen LogP contribution in [0.25, 0.3) is 0 Å². The third kappa shape index (κ3) is 6.98. The van der Waals surface area contributed by atoms with Crippen molar-refractivity contribution in [3.63, 3.8) is 0 Å². The standard InChI is InChI=1S/C8H20N2O2S/c1-3-6-13(11,12)10-7-8(2)4-5-9/h8,10H,3-7,9H2,1-2H3. The summed E-state index contributed by atoms with van der Waals surface area (Å²) in [6.45, 7) is 4.94. The largest absolute Gasteiger partial charge is 0.330 e. The average Bonchev–Trinajstić information content (AvgIpc) is 2.02. The number of sulfonamides is 1. The summed E-state index contributed by atoms with van der Waals surface area (Å²) >= 11 is 0. The highest BCUT2D eigenvalue weighted by atomic mass is 32.2. The van der Waals surface area contributed by atoms with E-state index in [4.69, 9.17) is 5.73 Å². The van der Waals surface area contributed by atoms with E-state index in [-0.39, 0.29) is 5.75 Å². The molecule has 0 aliphatic carbocycles. The van der Waals surface area contributed by atoms with Crippen LogP contribution in [0.15, 0.2) is 0 Å². The van der Waals surface area contributed by atoms with E-state index >= 15 is 0 Å². The molecule has 13 heavy (non-hydrogen) atoms. The Labute approximate surface area is 80.9 Å². The molecule has 0 aliphatic rings. The first-order valence-corrected chi connectivity index (χ1v) is 6.34. The van der Waals surface area contributed by atoms with Crippen LogP contribution in [-0.2, 0) is 10.0 Å². The molecule has 0 aromatic rings. The Bertz CT molecular complexity index is 214. The maximum atomic E-state index is 11.2. The van der Waals surface area contributed by atoms with Crippen molar-refractivity contribution >= 4 is 10.0 Å². The van der Waals surface area contributed by atoms with Crippen LogP contribution in [0, 0.1) is 5.92 Å². The molecule has 0 aromatic heterocycles. The van der Waals surface area contributed by atoms with Gasteiger partial charge in [-0.2, -0.15) is 0 Å². The number of rotatable bonds is 7. The lowest BCUT2D eigenvalue weighted by atomic mass is 10.1. The van der Waals surface area contributed by atoms with Gasteiger partial charge >= 0.3 is 0 Å². The van der Waals surface area contributed by atoms with E-state index in [2.05, 4.69) is 4.72 Å². The van der Waals surface area contributed by atoms with Crippen molar-refractivity contribution in [1.82, 2.24) is 4.72 Å². The molecule has 80 valence electrons. The summed E-state index contributed by atoms with van der Waals surface area (Å²) in [4.78, 5) is 0. The van der Waals surface area contributed by atoms with Crippen LogP contribution in [-0.4, -0.2) is 27.3 Å². The topological polar surface area (TPSA) is 72.2 Å². The molecule has 3 N–H and O–H groups in total. The Morgan fingerprint density at radius 3 is 2.54 bits per heavy atom. The van der Waals surface area contributed by atoms with Crippen LogP contribution in [0.1, 0.15) is 26.7 Å². The second kappa shape index (κ2) is 6.34. The Balaban J connectivity index is 3.74. The van der Waals surface area contributed by atoms with Gasteiger partial charge in [0.05, 0.1) is 5.75 Å². The van der Waals surface area contributed by atoms with Gasteiger partial charge in [0.15, 0.2) is 0 Å². The molecule has 0 aliphatic heterocycles. The Hall–Kier alpha value is -0.130. The molecule has 4 nitrogen and oxygen atoms in total. The maximum absolute atomic E-state index is 11.2. The highest BCUT2D eigenvalue weighted by Gasteiger charge is 2.09.